The average molecular weight is 319 g/mol. The van der Waals surface area contributed by atoms with Crippen molar-refractivity contribution in [2.24, 2.45) is 5.92 Å². The number of amides is 1. The largest absolute Gasteiger partial charge is 0.444 e. The molecule has 23 heavy (non-hydrogen) atoms. The van der Waals surface area contributed by atoms with Crippen LogP contribution in [0.1, 0.15) is 39.2 Å². The molecule has 0 atom stereocenters. The van der Waals surface area contributed by atoms with E-state index in [-0.39, 0.29) is 6.09 Å². The molecule has 1 amide bonds. The molecule has 128 valence electrons. The van der Waals surface area contributed by atoms with Crippen molar-refractivity contribution in [3.05, 3.63) is 30.1 Å². The van der Waals surface area contributed by atoms with Gasteiger partial charge >= 0.3 is 6.09 Å². The molecule has 0 aromatic carbocycles. The Labute approximate surface area is 139 Å². The first kappa shape index (κ1) is 17.7. The van der Waals surface area contributed by atoms with E-state index in [1.807, 2.05) is 33.2 Å². The number of likely N-dealkylation sites (tertiary alicyclic amines) is 1. The molecule has 1 fully saturated rings. The van der Waals surface area contributed by atoms with Gasteiger partial charge < -0.3 is 15.0 Å². The normalized spacial score (nSPS) is 17.0. The van der Waals surface area contributed by atoms with Gasteiger partial charge in [-0.05, 0) is 76.7 Å². The number of nitrogens with zero attached hydrogens (tertiary/aromatic N) is 2. The van der Waals surface area contributed by atoms with Crippen molar-refractivity contribution in [3.8, 4) is 0 Å². The number of rotatable bonds is 5. The van der Waals surface area contributed by atoms with Crippen LogP contribution in [0.15, 0.2) is 24.5 Å². The standard InChI is InChI=1S/C18H29N3O2/c1-18(2,3)23-17(22)20-14-16-7-12-21(13-8-16)11-6-15-4-9-19-10-5-15/h4-5,9-10,16H,6-8,11-14H2,1-3H3,(H,20,22). The fraction of sp³-hybridized carbons (Fsp3) is 0.667. The fourth-order valence-electron chi connectivity index (χ4n) is 2.79. The zero-order valence-electron chi connectivity index (χ0n) is 14.5. The predicted octanol–water partition coefficient (Wildman–Crippen LogP) is 2.86. The molecule has 1 aromatic heterocycles. The smallest absolute Gasteiger partial charge is 0.407 e. The summed E-state index contributed by atoms with van der Waals surface area (Å²) in [4.78, 5) is 18.2. The Bertz CT molecular complexity index is 477. The van der Waals surface area contributed by atoms with Gasteiger partial charge in [0.2, 0.25) is 0 Å². The molecule has 1 aromatic rings. The van der Waals surface area contributed by atoms with Crippen LogP contribution in [0, 0.1) is 5.92 Å². The maximum atomic E-state index is 11.7. The molecule has 1 N–H and O–H groups in total. The van der Waals surface area contributed by atoms with Crippen molar-refractivity contribution in [1.29, 1.82) is 0 Å². The van der Waals surface area contributed by atoms with Crippen LogP contribution in [0.3, 0.4) is 0 Å². The third-order valence-electron chi connectivity index (χ3n) is 4.11. The molecule has 0 bridgehead atoms. The first-order valence-corrected chi connectivity index (χ1v) is 8.50. The molecule has 0 aliphatic carbocycles. The summed E-state index contributed by atoms with van der Waals surface area (Å²) in [6.45, 7) is 9.66. The summed E-state index contributed by atoms with van der Waals surface area (Å²) in [5, 5.41) is 2.89. The van der Waals surface area contributed by atoms with Crippen molar-refractivity contribution >= 4 is 6.09 Å². The number of hydrogen-bond donors (Lipinski definition) is 1. The van der Waals surface area contributed by atoms with Gasteiger partial charge in [-0.3, -0.25) is 4.98 Å². The van der Waals surface area contributed by atoms with E-state index < -0.39 is 5.60 Å². The summed E-state index contributed by atoms with van der Waals surface area (Å²) >= 11 is 0. The molecule has 0 spiro atoms. The molecule has 0 unspecified atom stereocenters. The number of piperidine rings is 1. The van der Waals surface area contributed by atoms with Gasteiger partial charge in [0.1, 0.15) is 5.60 Å². The highest BCUT2D eigenvalue weighted by Crippen LogP contribution is 2.17. The molecule has 2 rings (SSSR count). The predicted molar refractivity (Wildman–Crippen MR) is 91.3 cm³/mol. The van der Waals surface area contributed by atoms with Gasteiger partial charge in [0, 0.05) is 25.5 Å². The van der Waals surface area contributed by atoms with Crippen molar-refractivity contribution in [3.63, 3.8) is 0 Å². The van der Waals surface area contributed by atoms with Crippen LogP contribution in [-0.2, 0) is 11.2 Å². The van der Waals surface area contributed by atoms with Crippen LogP contribution in [0.4, 0.5) is 4.79 Å². The molecule has 1 aliphatic heterocycles. The summed E-state index contributed by atoms with van der Waals surface area (Å²) < 4.78 is 5.27. The van der Waals surface area contributed by atoms with Crippen molar-refractivity contribution in [1.82, 2.24) is 15.2 Å². The third-order valence-corrected chi connectivity index (χ3v) is 4.11. The van der Waals surface area contributed by atoms with Crippen LogP contribution in [-0.4, -0.2) is 47.8 Å². The highest BCUT2D eigenvalue weighted by molar-refractivity contribution is 5.67. The first-order valence-electron chi connectivity index (χ1n) is 8.50. The lowest BCUT2D eigenvalue weighted by Gasteiger charge is -2.32. The molecule has 5 heteroatoms. The Morgan fingerprint density at radius 2 is 1.96 bits per heavy atom. The number of aromatic nitrogens is 1. The van der Waals surface area contributed by atoms with E-state index in [0.717, 1.165) is 38.9 Å². The molecule has 0 saturated carbocycles. The van der Waals surface area contributed by atoms with Gasteiger partial charge in [0.15, 0.2) is 0 Å². The minimum Gasteiger partial charge on any atom is -0.444 e. The van der Waals surface area contributed by atoms with E-state index >= 15 is 0 Å². The molecule has 0 radical (unpaired) electrons. The lowest BCUT2D eigenvalue weighted by molar-refractivity contribution is 0.0510. The first-order chi connectivity index (χ1) is 10.9. The highest BCUT2D eigenvalue weighted by atomic mass is 16.6. The molecule has 1 saturated heterocycles. The van der Waals surface area contributed by atoms with Gasteiger partial charge in [0.25, 0.3) is 0 Å². The highest BCUT2D eigenvalue weighted by Gasteiger charge is 2.21. The maximum Gasteiger partial charge on any atom is 0.407 e. The number of carbonyl (C=O) groups excluding carboxylic acids is 1. The minimum absolute atomic E-state index is 0.308. The second-order valence-electron chi connectivity index (χ2n) is 7.27. The summed E-state index contributed by atoms with van der Waals surface area (Å²) in [7, 11) is 0. The number of pyridine rings is 1. The second-order valence-corrected chi connectivity index (χ2v) is 7.27. The third kappa shape index (κ3) is 6.99. The Hall–Kier alpha value is -1.62. The van der Waals surface area contributed by atoms with Crippen LogP contribution in [0.5, 0.6) is 0 Å². The molecule has 1 aliphatic rings. The van der Waals surface area contributed by atoms with Crippen molar-refractivity contribution in [2.45, 2.75) is 45.6 Å². The molecule has 2 heterocycles. The SMILES string of the molecule is CC(C)(C)OC(=O)NCC1CCN(CCc2ccncc2)CC1. The van der Waals surface area contributed by atoms with E-state index in [4.69, 9.17) is 4.74 Å². The number of ether oxygens (including phenoxy) is 1. The summed E-state index contributed by atoms with van der Waals surface area (Å²) in [5.41, 5.74) is 0.911. The Morgan fingerprint density at radius 1 is 1.30 bits per heavy atom. The van der Waals surface area contributed by atoms with E-state index in [2.05, 4.69) is 27.3 Å². The van der Waals surface area contributed by atoms with Crippen LogP contribution >= 0.6 is 0 Å². The molecular weight excluding hydrogens is 290 g/mol. The van der Waals surface area contributed by atoms with Crippen LogP contribution in [0.25, 0.3) is 0 Å². The van der Waals surface area contributed by atoms with E-state index in [1.165, 1.54) is 5.56 Å². The topological polar surface area (TPSA) is 54.5 Å². The fourth-order valence-corrected chi connectivity index (χ4v) is 2.79. The Balaban J connectivity index is 1.61. The van der Waals surface area contributed by atoms with E-state index in [1.54, 1.807) is 0 Å². The molecule has 5 nitrogen and oxygen atoms in total. The average Bonchev–Trinajstić information content (AvgIpc) is 2.51. The minimum atomic E-state index is -0.430. The quantitative estimate of drug-likeness (QED) is 0.907. The Morgan fingerprint density at radius 3 is 2.57 bits per heavy atom. The monoisotopic (exact) mass is 319 g/mol. The van der Waals surface area contributed by atoms with Gasteiger partial charge in [-0.1, -0.05) is 0 Å². The Kier molecular flexibility index (Phi) is 6.39. The maximum absolute atomic E-state index is 11.7. The zero-order valence-corrected chi connectivity index (χ0v) is 14.5. The zero-order chi connectivity index (χ0) is 16.7. The van der Waals surface area contributed by atoms with Gasteiger partial charge in [0.05, 0.1) is 0 Å². The van der Waals surface area contributed by atoms with Crippen molar-refractivity contribution in [2.75, 3.05) is 26.2 Å². The second kappa shape index (κ2) is 8.29. The number of alkyl carbamates (subject to hydrolysis) is 1. The van der Waals surface area contributed by atoms with Crippen molar-refractivity contribution < 1.29 is 9.53 Å². The van der Waals surface area contributed by atoms with Gasteiger partial charge in [-0.15, -0.1) is 0 Å². The number of hydrogen-bond acceptors (Lipinski definition) is 4. The number of carbonyl (C=O) groups is 1. The van der Waals surface area contributed by atoms with Crippen LogP contribution < -0.4 is 5.32 Å². The summed E-state index contributed by atoms with van der Waals surface area (Å²) in [6, 6.07) is 4.16. The number of nitrogens with one attached hydrogen (secondary N) is 1. The summed E-state index contributed by atoms with van der Waals surface area (Å²) in [6.07, 6.45) is 6.73. The summed E-state index contributed by atoms with van der Waals surface area (Å²) in [5.74, 6) is 0.555. The van der Waals surface area contributed by atoms with Gasteiger partial charge in [-0.25, -0.2) is 4.79 Å². The molecular formula is C18H29N3O2. The van der Waals surface area contributed by atoms with E-state index in [9.17, 15) is 4.79 Å². The lowest BCUT2D eigenvalue weighted by Crippen LogP contribution is -2.40. The van der Waals surface area contributed by atoms with Crippen LogP contribution in [0.2, 0.25) is 0 Å². The van der Waals surface area contributed by atoms with E-state index in [0.29, 0.717) is 12.5 Å². The lowest BCUT2D eigenvalue weighted by atomic mass is 9.96. The van der Waals surface area contributed by atoms with Gasteiger partial charge in [-0.2, -0.15) is 0 Å².